The van der Waals surface area contributed by atoms with Crippen molar-refractivity contribution in [1.82, 2.24) is 4.90 Å². The van der Waals surface area contributed by atoms with Crippen molar-refractivity contribution >= 4 is 5.91 Å². The maximum Gasteiger partial charge on any atom is 0.253 e. The minimum Gasteiger partial charge on any atom is -0.382 e. The molecule has 4 heteroatoms. The smallest absolute Gasteiger partial charge is 0.253 e. The van der Waals surface area contributed by atoms with Gasteiger partial charge in [0.25, 0.3) is 5.91 Å². The van der Waals surface area contributed by atoms with Crippen LogP contribution in [0.3, 0.4) is 0 Å². The molecule has 25 heavy (non-hydrogen) atoms. The zero-order chi connectivity index (χ0) is 18.1. The third kappa shape index (κ3) is 6.44. The molecule has 1 saturated carbocycles. The second-order valence-electron chi connectivity index (χ2n) is 7.45. The van der Waals surface area contributed by atoms with Crippen LogP contribution in [0.2, 0.25) is 0 Å². The van der Waals surface area contributed by atoms with Crippen molar-refractivity contribution in [2.45, 2.75) is 77.0 Å². The number of aliphatic hydroxyl groups is 1. The van der Waals surface area contributed by atoms with Crippen LogP contribution in [0.1, 0.15) is 63.9 Å². The number of aliphatic hydroxyl groups excluding tert-OH is 1. The van der Waals surface area contributed by atoms with Crippen LogP contribution in [0.15, 0.2) is 30.3 Å². The highest BCUT2D eigenvalue weighted by Crippen LogP contribution is 2.27. The molecule has 1 unspecified atom stereocenters. The van der Waals surface area contributed by atoms with Crippen molar-refractivity contribution in [3.8, 4) is 0 Å². The van der Waals surface area contributed by atoms with Crippen LogP contribution in [0.4, 0.5) is 0 Å². The molecule has 1 aliphatic carbocycles. The molecule has 4 nitrogen and oxygen atoms in total. The highest BCUT2D eigenvalue weighted by molar-refractivity contribution is 5.81. The summed E-state index contributed by atoms with van der Waals surface area (Å²) in [5.74, 6) is 0.338. The highest BCUT2D eigenvalue weighted by atomic mass is 16.3. The Balaban J connectivity index is 1.95. The number of unbranched alkanes of at least 4 members (excludes halogenated alkanes) is 1. The lowest BCUT2D eigenvalue weighted by atomic mass is 9.84. The molecular formula is C21H34N2O2. The highest BCUT2D eigenvalue weighted by Gasteiger charge is 2.29. The lowest BCUT2D eigenvalue weighted by Crippen LogP contribution is -2.49. The number of carbonyl (C=O) groups is 1. The maximum absolute atomic E-state index is 12.8. The van der Waals surface area contributed by atoms with Gasteiger partial charge in [-0.25, -0.2) is 0 Å². The number of amides is 1. The summed E-state index contributed by atoms with van der Waals surface area (Å²) in [7, 11) is 0. The van der Waals surface area contributed by atoms with E-state index < -0.39 is 12.1 Å². The molecule has 0 spiro atoms. The van der Waals surface area contributed by atoms with Gasteiger partial charge in [0, 0.05) is 19.1 Å². The van der Waals surface area contributed by atoms with Gasteiger partial charge in [-0.05, 0) is 24.3 Å². The summed E-state index contributed by atoms with van der Waals surface area (Å²) >= 11 is 0. The van der Waals surface area contributed by atoms with Crippen LogP contribution in [0, 0.1) is 5.92 Å². The van der Waals surface area contributed by atoms with E-state index in [0.717, 1.165) is 24.8 Å². The molecule has 1 amide bonds. The van der Waals surface area contributed by atoms with Crippen molar-refractivity contribution in [3.05, 3.63) is 35.9 Å². The van der Waals surface area contributed by atoms with Crippen LogP contribution < -0.4 is 5.73 Å². The number of nitrogens with two attached hydrogens (primary N) is 1. The van der Waals surface area contributed by atoms with E-state index in [1.165, 1.54) is 32.1 Å². The predicted octanol–water partition coefficient (Wildman–Crippen LogP) is 3.47. The third-order valence-electron chi connectivity index (χ3n) is 5.30. The first-order valence-electron chi connectivity index (χ1n) is 9.88. The minimum absolute atomic E-state index is 0.222. The van der Waals surface area contributed by atoms with Gasteiger partial charge in [0.1, 0.15) is 6.10 Å². The van der Waals surface area contributed by atoms with Gasteiger partial charge in [0.2, 0.25) is 0 Å². The van der Waals surface area contributed by atoms with Gasteiger partial charge in [-0.2, -0.15) is 0 Å². The summed E-state index contributed by atoms with van der Waals surface area (Å²) in [6, 6.07) is 9.49. The van der Waals surface area contributed by atoms with Crippen LogP contribution in [0.5, 0.6) is 0 Å². The van der Waals surface area contributed by atoms with Gasteiger partial charge >= 0.3 is 0 Å². The van der Waals surface area contributed by atoms with Gasteiger partial charge in [0.15, 0.2) is 0 Å². The summed E-state index contributed by atoms with van der Waals surface area (Å²) in [4.78, 5) is 14.6. The lowest BCUT2D eigenvalue weighted by molar-refractivity contribution is -0.142. The molecule has 0 aromatic heterocycles. The fraction of sp³-hybridized carbons (Fsp3) is 0.667. The van der Waals surface area contributed by atoms with Crippen LogP contribution in [0.25, 0.3) is 0 Å². The molecule has 0 bridgehead atoms. The lowest BCUT2D eigenvalue weighted by Gasteiger charge is -2.30. The van der Waals surface area contributed by atoms with Crippen molar-refractivity contribution < 1.29 is 9.90 Å². The summed E-state index contributed by atoms with van der Waals surface area (Å²) < 4.78 is 0. The second-order valence-corrected chi connectivity index (χ2v) is 7.45. The Kier molecular flexibility index (Phi) is 8.42. The topological polar surface area (TPSA) is 66.6 Å². The summed E-state index contributed by atoms with van der Waals surface area (Å²) in [6.45, 7) is 3.31. The van der Waals surface area contributed by atoms with Crippen molar-refractivity contribution in [2.24, 2.45) is 11.7 Å². The fourth-order valence-electron chi connectivity index (χ4n) is 3.73. The predicted molar refractivity (Wildman–Crippen MR) is 102 cm³/mol. The quantitative estimate of drug-likeness (QED) is 0.719. The Hall–Kier alpha value is -1.39. The average Bonchev–Trinajstić information content (AvgIpc) is 2.65. The number of nitrogens with zero attached hydrogens (tertiary/aromatic N) is 1. The number of carbonyl (C=O) groups excluding carboxylic acids is 1. The maximum atomic E-state index is 12.8. The van der Waals surface area contributed by atoms with E-state index in [1.54, 1.807) is 4.90 Å². The van der Waals surface area contributed by atoms with E-state index in [0.29, 0.717) is 19.0 Å². The van der Waals surface area contributed by atoms with Crippen LogP contribution in [-0.4, -0.2) is 34.6 Å². The Bertz CT molecular complexity index is 500. The molecule has 0 radical (unpaired) electrons. The first kappa shape index (κ1) is 19.9. The first-order chi connectivity index (χ1) is 12.1. The molecule has 3 N–H and O–H groups in total. The van der Waals surface area contributed by atoms with E-state index >= 15 is 0 Å². The van der Waals surface area contributed by atoms with Crippen LogP contribution >= 0.6 is 0 Å². The Morgan fingerprint density at radius 1 is 1.24 bits per heavy atom. The largest absolute Gasteiger partial charge is 0.382 e. The third-order valence-corrected chi connectivity index (χ3v) is 5.30. The summed E-state index contributed by atoms with van der Waals surface area (Å²) in [6.07, 6.45) is 7.76. The first-order valence-corrected chi connectivity index (χ1v) is 9.88. The second kappa shape index (κ2) is 10.6. The molecule has 0 saturated heterocycles. The fourth-order valence-corrected chi connectivity index (χ4v) is 3.73. The monoisotopic (exact) mass is 346 g/mol. The van der Waals surface area contributed by atoms with Crippen molar-refractivity contribution in [2.75, 3.05) is 6.54 Å². The summed E-state index contributed by atoms with van der Waals surface area (Å²) in [5.41, 5.74) is 7.29. The van der Waals surface area contributed by atoms with Crippen molar-refractivity contribution in [1.29, 1.82) is 0 Å². The standard InChI is InChI=1S/C21H34N2O2/c1-2-3-14-23(16-18-12-8-5-9-13-18)21(25)20(24)19(22)15-17-10-6-4-7-11-17/h5,8-9,12-13,17,19-20,24H,2-4,6-7,10-11,14-16,22H2,1H3/t19-,20?/m1/s1. The number of hydrogen-bond donors (Lipinski definition) is 2. The molecule has 1 aliphatic rings. The molecule has 2 atom stereocenters. The zero-order valence-electron chi connectivity index (χ0n) is 15.6. The van der Waals surface area contributed by atoms with E-state index in [9.17, 15) is 9.90 Å². The number of benzene rings is 1. The average molecular weight is 347 g/mol. The van der Waals surface area contributed by atoms with E-state index in [-0.39, 0.29) is 5.91 Å². The molecule has 1 aromatic rings. The molecule has 0 aliphatic heterocycles. The van der Waals surface area contributed by atoms with E-state index in [2.05, 4.69) is 6.92 Å². The Morgan fingerprint density at radius 2 is 1.92 bits per heavy atom. The van der Waals surface area contributed by atoms with E-state index in [1.807, 2.05) is 30.3 Å². The molecule has 140 valence electrons. The summed E-state index contributed by atoms with van der Waals surface area (Å²) in [5, 5.41) is 10.5. The number of rotatable bonds is 9. The SMILES string of the molecule is CCCCN(Cc1ccccc1)C(=O)C(O)[C@H](N)CC1CCCCC1. The zero-order valence-corrected chi connectivity index (χ0v) is 15.6. The molecule has 2 rings (SSSR count). The van der Waals surface area contributed by atoms with E-state index in [4.69, 9.17) is 5.73 Å². The van der Waals surface area contributed by atoms with Gasteiger partial charge in [-0.1, -0.05) is 75.8 Å². The van der Waals surface area contributed by atoms with Gasteiger partial charge < -0.3 is 15.7 Å². The molecule has 0 heterocycles. The van der Waals surface area contributed by atoms with Crippen LogP contribution in [-0.2, 0) is 11.3 Å². The van der Waals surface area contributed by atoms with Gasteiger partial charge in [-0.15, -0.1) is 0 Å². The molecule has 1 fully saturated rings. The van der Waals surface area contributed by atoms with Crippen molar-refractivity contribution in [3.63, 3.8) is 0 Å². The minimum atomic E-state index is -1.09. The molecular weight excluding hydrogens is 312 g/mol. The Morgan fingerprint density at radius 3 is 2.56 bits per heavy atom. The normalized spacial score (nSPS) is 17.9. The number of hydrogen-bond acceptors (Lipinski definition) is 3. The molecule has 1 aromatic carbocycles. The van der Waals surface area contributed by atoms with Gasteiger partial charge in [0.05, 0.1) is 0 Å². The Labute approximate surface area is 152 Å². The van der Waals surface area contributed by atoms with Gasteiger partial charge in [-0.3, -0.25) is 4.79 Å².